The zero-order valence-corrected chi connectivity index (χ0v) is 18.3. The van der Waals surface area contributed by atoms with Crippen molar-refractivity contribution in [2.24, 2.45) is 0 Å². The van der Waals surface area contributed by atoms with Gasteiger partial charge in [-0.05, 0) is 39.9 Å². The van der Waals surface area contributed by atoms with Gasteiger partial charge in [0.25, 0.3) is 5.69 Å². The molecule has 0 spiro atoms. The molecule has 2 atom stereocenters. The van der Waals surface area contributed by atoms with Crippen molar-refractivity contribution in [3.63, 3.8) is 0 Å². The van der Waals surface area contributed by atoms with Gasteiger partial charge < -0.3 is 25.4 Å². The second kappa shape index (κ2) is 9.92. The van der Waals surface area contributed by atoms with Gasteiger partial charge in [-0.15, -0.1) is 0 Å². The third kappa shape index (κ3) is 4.84. The topological polar surface area (TPSA) is 159 Å². The third-order valence-corrected chi connectivity index (χ3v) is 5.95. The van der Waals surface area contributed by atoms with E-state index in [1.165, 1.54) is 0 Å². The fourth-order valence-electron chi connectivity index (χ4n) is 4.24. The summed E-state index contributed by atoms with van der Waals surface area (Å²) in [6.45, 7) is -0.319. The maximum absolute atomic E-state index is 12.3. The van der Waals surface area contributed by atoms with Gasteiger partial charge in [-0.25, -0.2) is 9.59 Å². The highest BCUT2D eigenvalue weighted by Gasteiger charge is 2.29. The first kappa shape index (κ1) is 23.9. The molecule has 4 N–H and O–H groups in total. The SMILES string of the molecule is O=C(NCC(O)C(O)c1ccc([N+](=O)[O-])c(C(=O)O)c1)OCC1c2ccccc2-c2ccccc21. The Morgan fingerprint density at radius 1 is 1.00 bits per heavy atom. The first-order valence-electron chi connectivity index (χ1n) is 10.7. The Hall–Kier alpha value is -4.28. The van der Waals surface area contributed by atoms with E-state index in [4.69, 9.17) is 4.74 Å². The molecule has 10 heteroatoms. The van der Waals surface area contributed by atoms with E-state index in [0.29, 0.717) is 0 Å². The van der Waals surface area contributed by atoms with Gasteiger partial charge in [0.05, 0.1) is 4.92 Å². The van der Waals surface area contributed by atoms with Crippen LogP contribution in [0.25, 0.3) is 11.1 Å². The smallest absolute Gasteiger partial charge is 0.407 e. The molecule has 4 rings (SSSR count). The lowest BCUT2D eigenvalue weighted by atomic mass is 9.98. The summed E-state index contributed by atoms with van der Waals surface area (Å²) in [5.74, 6) is -1.68. The number of ether oxygens (including phenoxy) is 1. The van der Waals surface area contributed by atoms with E-state index in [-0.39, 0.29) is 18.1 Å². The van der Waals surface area contributed by atoms with Gasteiger partial charge in [-0.3, -0.25) is 10.1 Å². The molecule has 1 aliphatic carbocycles. The van der Waals surface area contributed by atoms with E-state index < -0.39 is 47.0 Å². The summed E-state index contributed by atoms with van der Waals surface area (Å²) in [4.78, 5) is 33.7. The van der Waals surface area contributed by atoms with Gasteiger partial charge in [-0.2, -0.15) is 0 Å². The summed E-state index contributed by atoms with van der Waals surface area (Å²) in [5, 5.41) is 43.2. The van der Waals surface area contributed by atoms with Crippen LogP contribution in [0.1, 0.15) is 39.1 Å². The number of aliphatic hydroxyl groups excluding tert-OH is 2. The Morgan fingerprint density at radius 2 is 1.60 bits per heavy atom. The molecule has 1 amide bonds. The maximum atomic E-state index is 12.3. The third-order valence-electron chi connectivity index (χ3n) is 5.95. The van der Waals surface area contributed by atoms with Gasteiger partial charge in [0.15, 0.2) is 0 Å². The molecule has 3 aromatic rings. The number of nitrogens with one attached hydrogen (secondary N) is 1. The minimum absolute atomic E-state index is 0.0464. The van der Waals surface area contributed by atoms with E-state index in [9.17, 15) is 35.0 Å². The van der Waals surface area contributed by atoms with Gasteiger partial charge in [0.2, 0.25) is 0 Å². The van der Waals surface area contributed by atoms with Crippen LogP contribution in [0.4, 0.5) is 10.5 Å². The average molecular weight is 478 g/mol. The van der Waals surface area contributed by atoms with Crippen molar-refractivity contribution in [2.75, 3.05) is 13.2 Å². The van der Waals surface area contributed by atoms with E-state index in [0.717, 1.165) is 40.5 Å². The van der Waals surface area contributed by atoms with Gasteiger partial charge in [0.1, 0.15) is 24.4 Å². The Bertz CT molecular complexity index is 1250. The molecule has 0 saturated carbocycles. The number of aliphatic hydroxyl groups is 2. The summed E-state index contributed by atoms with van der Waals surface area (Å²) >= 11 is 0. The van der Waals surface area contributed by atoms with E-state index in [1.54, 1.807) is 0 Å². The number of benzene rings is 3. The molecule has 0 heterocycles. The Kier molecular flexibility index (Phi) is 6.76. The van der Waals surface area contributed by atoms with Crippen molar-refractivity contribution in [3.05, 3.63) is 99.1 Å². The Labute approximate surface area is 199 Å². The molecule has 180 valence electrons. The second-order valence-electron chi connectivity index (χ2n) is 8.06. The molecule has 0 saturated heterocycles. The van der Waals surface area contributed by atoms with Crippen molar-refractivity contribution >= 4 is 17.7 Å². The van der Waals surface area contributed by atoms with Crippen LogP contribution in [0.15, 0.2) is 66.7 Å². The fourth-order valence-corrected chi connectivity index (χ4v) is 4.24. The number of carbonyl (C=O) groups excluding carboxylic acids is 1. The average Bonchev–Trinajstić information content (AvgIpc) is 3.18. The molecule has 10 nitrogen and oxygen atoms in total. The number of nitro groups is 1. The van der Waals surface area contributed by atoms with Gasteiger partial charge in [-0.1, -0.05) is 48.5 Å². The van der Waals surface area contributed by atoms with Crippen LogP contribution in [0.2, 0.25) is 0 Å². The lowest BCUT2D eigenvalue weighted by molar-refractivity contribution is -0.385. The lowest BCUT2D eigenvalue weighted by Gasteiger charge is -2.19. The molecule has 0 bridgehead atoms. The molecule has 0 aromatic heterocycles. The minimum atomic E-state index is -1.59. The largest absolute Gasteiger partial charge is 0.477 e. The molecule has 3 aromatic carbocycles. The minimum Gasteiger partial charge on any atom is -0.477 e. The standard InChI is InChI=1S/C25H22N2O8/c28-22(23(29)14-9-10-21(27(33)34)19(11-14)24(30)31)12-26-25(32)35-13-20-17-7-3-1-5-15(17)16-6-2-4-8-18(16)20/h1-11,20,22-23,28-29H,12-13H2,(H,26,32)(H,30,31). The van der Waals surface area contributed by atoms with Crippen LogP contribution in [0.3, 0.4) is 0 Å². The van der Waals surface area contributed by atoms with Crippen molar-refractivity contribution in [1.82, 2.24) is 5.32 Å². The number of carboxylic acid groups (broad SMARTS) is 1. The molecular formula is C25H22N2O8. The van der Waals surface area contributed by atoms with E-state index in [1.807, 2.05) is 48.5 Å². The number of nitro benzene ring substituents is 1. The fraction of sp³-hybridized carbons (Fsp3) is 0.200. The first-order chi connectivity index (χ1) is 16.8. The number of amides is 1. The van der Waals surface area contributed by atoms with Crippen LogP contribution in [-0.2, 0) is 4.74 Å². The lowest BCUT2D eigenvalue weighted by Crippen LogP contribution is -2.36. The zero-order chi connectivity index (χ0) is 25.1. The van der Waals surface area contributed by atoms with Crippen LogP contribution >= 0.6 is 0 Å². The Balaban J connectivity index is 1.36. The molecule has 2 unspecified atom stereocenters. The molecular weight excluding hydrogens is 456 g/mol. The predicted molar refractivity (Wildman–Crippen MR) is 124 cm³/mol. The Morgan fingerprint density at radius 3 is 2.17 bits per heavy atom. The summed E-state index contributed by atoms with van der Waals surface area (Å²) in [7, 11) is 0. The molecule has 0 radical (unpaired) electrons. The number of fused-ring (bicyclic) bond motifs is 3. The van der Waals surface area contributed by atoms with Gasteiger partial charge in [0, 0.05) is 18.5 Å². The van der Waals surface area contributed by atoms with Crippen LogP contribution in [0.5, 0.6) is 0 Å². The highest BCUT2D eigenvalue weighted by atomic mass is 16.6. The van der Waals surface area contributed by atoms with Crippen molar-refractivity contribution in [2.45, 2.75) is 18.1 Å². The highest BCUT2D eigenvalue weighted by Crippen LogP contribution is 2.44. The normalized spacial score (nSPS) is 13.9. The van der Waals surface area contributed by atoms with E-state index >= 15 is 0 Å². The van der Waals surface area contributed by atoms with E-state index in [2.05, 4.69) is 5.32 Å². The summed E-state index contributed by atoms with van der Waals surface area (Å²) in [5.41, 5.74) is 2.95. The van der Waals surface area contributed by atoms with Gasteiger partial charge >= 0.3 is 12.1 Å². The summed E-state index contributed by atoms with van der Waals surface area (Å²) < 4.78 is 5.37. The van der Waals surface area contributed by atoms with Crippen LogP contribution in [0, 0.1) is 10.1 Å². The van der Waals surface area contributed by atoms with Crippen molar-refractivity contribution in [3.8, 4) is 11.1 Å². The van der Waals surface area contributed by atoms with Crippen LogP contribution in [-0.4, -0.2) is 51.6 Å². The summed E-state index contributed by atoms with van der Waals surface area (Å²) in [6, 6.07) is 18.7. The zero-order valence-electron chi connectivity index (χ0n) is 18.3. The number of carboxylic acids is 1. The molecule has 1 aliphatic rings. The number of hydrogen-bond acceptors (Lipinski definition) is 7. The molecule has 35 heavy (non-hydrogen) atoms. The maximum Gasteiger partial charge on any atom is 0.407 e. The molecule has 0 fully saturated rings. The number of carbonyl (C=O) groups is 2. The number of nitrogens with zero attached hydrogens (tertiary/aromatic N) is 1. The monoisotopic (exact) mass is 478 g/mol. The number of rotatable bonds is 8. The number of aromatic carboxylic acids is 1. The first-order valence-corrected chi connectivity index (χ1v) is 10.7. The van der Waals surface area contributed by atoms with Crippen LogP contribution < -0.4 is 5.32 Å². The van der Waals surface area contributed by atoms with Crippen molar-refractivity contribution < 1.29 is 34.6 Å². The highest BCUT2D eigenvalue weighted by molar-refractivity contribution is 5.92. The number of alkyl carbamates (subject to hydrolysis) is 1. The molecule has 0 aliphatic heterocycles. The predicted octanol–water partition coefficient (Wildman–Crippen LogP) is 3.23. The summed E-state index contributed by atoms with van der Waals surface area (Å²) in [6.07, 6.45) is -3.91. The second-order valence-corrected chi connectivity index (χ2v) is 8.06. The number of hydrogen-bond donors (Lipinski definition) is 4. The quantitative estimate of drug-likeness (QED) is 0.284. The van der Waals surface area contributed by atoms with Crippen molar-refractivity contribution in [1.29, 1.82) is 0 Å².